The van der Waals surface area contributed by atoms with Crippen molar-refractivity contribution in [2.45, 2.75) is 45.9 Å². The summed E-state index contributed by atoms with van der Waals surface area (Å²) in [5.41, 5.74) is 5.41. The van der Waals surface area contributed by atoms with Crippen LogP contribution in [0.4, 0.5) is 0 Å². The van der Waals surface area contributed by atoms with Crippen LogP contribution in [0.1, 0.15) is 38.2 Å². The van der Waals surface area contributed by atoms with Gasteiger partial charge in [-0.2, -0.15) is 22.7 Å². The number of benzene rings is 3. The van der Waals surface area contributed by atoms with E-state index in [2.05, 4.69) is 86.6 Å². The van der Waals surface area contributed by atoms with Gasteiger partial charge < -0.3 is 9.47 Å². The Kier molecular flexibility index (Phi) is 7.62. The van der Waals surface area contributed by atoms with Crippen molar-refractivity contribution >= 4 is 22.5 Å². The molecular weight excluding hydrogens is 367 g/mol. The third-order valence-electron chi connectivity index (χ3n) is 6.51. The van der Waals surface area contributed by atoms with E-state index in [4.69, 9.17) is 9.47 Å². The summed E-state index contributed by atoms with van der Waals surface area (Å²) in [6, 6.07) is 26.5. The maximum absolute atomic E-state index is 5.44. The maximum atomic E-state index is 5.44. The lowest BCUT2D eigenvalue weighted by Crippen LogP contribution is -2.66. The second-order valence-electron chi connectivity index (χ2n) is 8.35. The molecule has 0 N–H and O–H groups in total. The highest BCUT2D eigenvalue weighted by Crippen LogP contribution is 2.21. The van der Waals surface area contributed by atoms with Gasteiger partial charge in [0, 0.05) is 0 Å². The van der Waals surface area contributed by atoms with Crippen molar-refractivity contribution < 1.29 is 9.47 Å². The van der Waals surface area contributed by atoms with Crippen molar-refractivity contribution in [2.75, 3.05) is 14.2 Å². The van der Waals surface area contributed by atoms with Crippen molar-refractivity contribution in [3.63, 3.8) is 0 Å². The van der Waals surface area contributed by atoms with Gasteiger partial charge in [-0.1, -0.05) is 86.7 Å². The molecule has 0 saturated carbocycles. The van der Waals surface area contributed by atoms with Crippen molar-refractivity contribution in [3.8, 4) is 11.5 Å². The van der Waals surface area contributed by atoms with Gasteiger partial charge in [0.05, 0.1) is 20.4 Å². The number of unbranched alkanes of at least 4 members (excludes halogenated alkanes) is 3. The molecule has 3 heteroatoms. The Bertz CT molecular complexity index is 852. The molecule has 0 atom stereocenters. The highest BCUT2D eigenvalue weighted by Gasteiger charge is 2.29. The molecule has 0 fully saturated rings. The van der Waals surface area contributed by atoms with Gasteiger partial charge in [-0.15, -0.1) is 0 Å². The van der Waals surface area contributed by atoms with Crippen LogP contribution in [-0.4, -0.2) is 20.4 Å². The first kappa shape index (κ1) is 22.0. The van der Waals surface area contributed by atoms with E-state index < -0.39 is 6.15 Å². The molecule has 0 aromatic heterocycles. The van der Waals surface area contributed by atoms with E-state index in [0.717, 1.165) is 17.8 Å². The Morgan fingerprint density at radius 3 is 1.43 bits per heavy atom. The Hall–Kier alpha value is -2.68. The normalized spacial score (nSPS) is 11.3. The van der Waals surface area contributed by atoms with Gasteiger partial charge in [0.15, 0.2) is 0 Å². The van der Waals surface area contributed by atoms with Gasteiger partial charge in [0.25, 0.3) is 0 Å². The molecule has 0 aliphatic heterocycles. The number of aryl methyl sites for hydroxylation is 1. The first-order valence-electron chi connectivity index (χ1n) is 11.2. The minimum absolute atomic E-state index is 0.896. The van der Waals surface area contributed by atoms with Crippen molar-refractivity contribution in [2.24, 2.45) is 0 Å². The van der Waals surface area contributed by atoms with Crippen LogP contribution in [0.2, 0.25) is 6.32 Å². The SMILES string of the molecule is CCCCCC[B-](c1ccc(C)cc1)(c1ccc(OC)cc1)c1ccc(OC)cc1. The molecule has 30 heavy (non-hydrogen) atoms. The van der Waals surface area contributed by atoms with Crippen molar-refractivity contribution in [3.05, 3.63) is 78.4 Å². The molecule has 3 aromatic carbocycles. The lowest BCUT2D eigenvalue weighted by molar-refractivity contribution is 0.415. The minimum Gasteiger partial charge on any atom is -0.497 e. The largest absolute Gasteiger partial charge is 0.497 e. The summed E-state index contributed by atoms with van der Waals surface area (Å²) < 4.78 is 10.9. The standard InChI is InChI=1S/C27H34BO2/c1-5-6-7-8-21-28(23-11-9-22(2)10-12-23,24-13-17-26(29-3)18-14-24)25-15-19-27(30-4)20-16-25/h9-20H,5-8,21H2,1-4H3/q-1. The van der Waals surface area contributed by atoms with Crippen molar-refractivity contribution in [1.82, 2.24) is 0 Å². The van der Waals surface area contributed by atoms with E-state index in [1.807, 2.05) is 0 Å². The average Bonchev–Trinajstić information content (AvgIpc) is 2.80. The number of hydrogen-bond donors (Lipinski definition) is 0. The Balaban J connectivity index is 2.18. The first-order valence-corrected chi connectivity index (χ1v) is 11.2. The molecule has 0 radical (unpaired) electrons. The summed E-state index contributed by atoms with van der Waals surface area (Å²) in [7, 11) is 3.45. The molecule has 0 bridgehead atoms. The topological polar surface area (TPSA) is 18.5 Å². The molecule has 0 amide bonds. The number of rotatable bonds is 10. The monoisotopic (exact) mass is 401 g/mol. The molecule has 0 spiro atoms. The summed E-state index contributed by atoms with van der Waals surface area (Å²) in [5, 5.41) is 0. The summed E-state index contributed by atoms with van der Waals surface area (Å²) in [6.07, 6.45) is 5.03. The van der Waals surface area contributed by atoms with Gasteiger partial charge in [-0.25, -0.2) is 0 Å². The molecule has 3 aromatic rings. The fraction of sp³-hybridized carbons (Fsp3) is 0.333. The Morgan fingerprint density at radius 2 is 1.03 bits per heavy atom. The molecule has 158 valence electrons. The molecule has 2 nitrogen and oxygen atoms in total. The zero-order valence-electron chi connectivity index (χ0n) is 18.9. The molecule has 0 unspecified atom stereocenters. The van der Waals surface area contributed by atoms with Crippen LogP contribution in [0.15, 0.2) is 72.8 Å². The quantitative estimate of drug-likeness (QED) is 0.349. The van der Waals surface area contributed by atoms with Crippen LogP contribution in [0, 0.1) is 6.92 Å². The van der Waals surface area contributed by atoms with E-state index >= 15 is 0 Å². The van der Waals surface area contributed by atoms with E-state index in [9.17, 15) is 0 Å². The highest BCUT2D eigenvalue weighted by molar-refractivity contribution is 7.11. The summed E-state index contributed by atoms with van der Waals surface area (Å²) in [5.74, 6) is 1.79. The summed E-state index contributed by atoms with van der Waals surface area (Å²) in [4.78, 5) is 0. The predicted octanol–water partition coefficient (Wildman–Crippen LogP) is 5.06. The van der Waals surface area contributed by atoms with Crippen LogP contribution in [-0.2, 0) is 0 Å². The minimum atomic E-state index is -1.10. The molecule has 0 saturated heterocycles. The third-order valence-corrected chi connectivity index (χ3v) is 6.51. The summed E-state index contributed by atoms with van der Waals surface area (Å²) in [6.45, 7) is 4.42. The molecule has 0 aliphatic carbocycles. The fourth-order valence-corrected chi connectivity index (χ4v) is 4.71. The fourth-order valence-electron chi connectivity index (χ4n) is 4.71. The van der Waals surface area contributed by atoms with Crippen LogP contribution in [0.25, 0.3) is 0 Å². The highest BCUT2D eigenvalue weighted by atomic mass is 16.5. The molecule has 0 aliphatic rings. The maximum Gasteiger partial charge on any atom is 0.118 e. The number of ether oxygens (including phenoxy) is 2. The van der Waals surface area contributed by atoms with Gasteiger partial charge in [-0.3, -0.25) is 0 Å². The molecule has 0 heterocycles. The smallest absolute Gasteiger partial charge is 0.118 e. The van der Waals surface area contributed by atoms with Gasteiger partial charge in [0.1, 0.15) is 11.5 Å². The first-order chi connectivity index (χ1) is 14.6. The van der Waals surface area contributed by atoms with Gasteiger partial charge in [-0.05, 0) is 31.2 Å². The number of methoxy groups -OCH3 is 2. The predicted molar refractivity (Wildman–Crippen MR) is 131 cm³/mol. The van der Waals surface area contributed by atoms with E-state index in [1.54, 1.807) is 14.2 Å². The second kappa shape index (κ2) is 10.4. The second-order valence-corrected chi connectivity index (χ2v) is 8.35. The number of hydrogen-bond acceptors (Lipinski definition) is 2. The zero-order chi connectivity index (χ0) is 21.4. The summed E-state index contributed by atoms with van der Waals surface area (Å²) >= 11 is 0. The Morgan fingerprint density at radius 1 is 0.600 bits per heavy atom. The van der Waals surface area contributed by atoms with E-state index in [-0.39, 0.29) is 0 Å². The Labute approximate surface area is 182 Å². The average molecular weight is 401 g/mol. The van der Waals surface area contributed by atoms with Crippen LogP contribution in [0.3, 0.4) is 0 Å². The van der Waals surface area contributed by atoms with E-state index in [1.165, 1.54) is 47.6 Å². The lowest BCUT2D eigenvalue weighted by atomic mass is 9.14. The molecule has 3 rings (SSSR count). The lowest BCUT2D eigenvalue weighted by Gasteiger charge is -2.43. The zero-order valence-corrected chi connectivity index (χ0v) is 18.9. The third kappa shape index (κ3) is 4.72. The van der Waals surface area contributed by atoms with Gasteiger partial charge >= 0.3 is 0 Å². The van der Waals surface area contributed by atoms with Crippen LogP contribution in [0.5, 0.6) is 11.5 Å². The molecular formula is C27H34BO2-. The van der Waals surface area contributed by atoms with E-state index in [0.29, 0.717) is 0 Å². The van der Waals surface area contributed by atoms with Crippen molar-refractivity contribution in [1.29, 1.82) is 0 Å². The van der Waals surface area contributed by atoms with Crippen LogP contribution < -0.4 is 25.9 Å². The van der Waals surface area contributed by atoms with Crippen LogP contribution >= 0.6 is 0 Å². The van der Waals surface area contributed by atoms with Gasteiger partial charge in [0.2, 0.25) is 0 Å².